The number of amides is 3. The van der Waals surface area contributed by atoms with Crippen LogP contribution in [-0.2, 0) is 17.8 Å². The molecule has 2 aromatic rings. The largest absolute Gasteiger partial charge is 0.395 e. The summed E-state index contributed by atoms with van der Waals surface area (Å²) < 4.78 is 0. The zero-order chi connectivity index (χ0) is 19.5. The molecule has 0 unspecified atom stereocenters. The molecule has 2 aliphatic heterocycles. The van der Waals surface area contributed by atoms with Crippen LogP contribution in [0.2, 0.25) is 0 Å². The maximum atomic E-state index is 12.5. The van der Waals surface area contributed by atoms with Gasteiger partial charge in [0.05, 0.1) is 19.7 Å². The third kappa shape index (κ3) is 3.83. The average molecular weight is 385 g/mol. The predicted octanol–water partition coefficient (Wildman–Crippen LogP) is 0.372. The van der Waals surface area contributed by atoms with Crippen LogP contribution in [0.4, 0.5) is 4.79 Å². The highest BCUT2D eigenvalue weighted by Gasteiger charge is 2.25. The standard InChI is InChI=1S/C20H27N5O3/c26-12-11-23-7-9-24(10-8-23)19(27)13-21-20(28)25-6-5-16-15-3-1-2-4-17(15)22-18(16)14-25/h1-4,22,26H,5-14H2,(H,21,28). The Morgan fingerprint density at radius 1 is 1.07 bits per heavy atom. The van der Waals surface area contributed by atoms with Gasteiger partial charge in [-0.25, -0.2) is 4.79 Å². The van der Waals surface area contributed by atoms with E-state index in [2.05, 4.69) is 27.3 Å². The molecule has 1 aromatic carbocycles. The van der Waals surface area contributed by atoms with E-state index >= 15 is 0 Å². The number of H-pyrrole nitrogens is 1. The van der Waals surface area contributed by atoms with Crippen LogP contribution in [0.3, 0.4) is 0 Å². The Bertz CT molecular complexity index is 857. The zero-order valence-electron chi connectivity index (χ0n) is 16.0. The topological polar surface area (TPSA) is 91.9 Å². The molecular formula is C20H27N5O3. The van der Waals surface area contributed by atoms with Gasteiger partial charge in [-0.3, -0.25) is 9.69 Å². The van der Waals surface area contributed by atoms with Crippen molar-refractivity contribution < 1.29 is 14.7 Å². The second-order valence-corrected chi connectivity index (χ2v) is 7.40. The Kier molecular flexibility index (Phi) is 5.50. The lowest BCUT2D eigenvalue weighted by Gasteiger charge is -2.34. The molecule has 2 aliphatic rings. The molecule has 0 aliphatic carbocycles. The van der Waals surface area contributed by atoms with Crippen LogP contribution in [0, 0.1) is 0 Å². The van der Waals surface area contributed by atoms with E-state index in [4.69, 9.17) is 5.11 Å². The second-order valence-electron chi connectivity index (χ2n) is 7.40. The van der Waals surface area contributed by atoms with Crippen molar-refractivity contribution in [1.82, 2.24) is 25.0 Å². The number of hydrogen-bond donors (Lipinski definition) is 3. The second kappa shape index (κ2) is 8.20. The number of rotatable bonds is 4. The van der Waals surface area contributed by atoms with E-state index in [9.17, 15) is 9.59 Å². The van der Waals surface area contributed by atoms with Gasteiger partial charge in [0, 0.05) is 55.9 Å². The van der Waals surface area contributed by atoms with Crippen molar-refractivity contribution in [3.05, 3.63) is 35.5 Å². The highest BCUT2D eigenvalue weighted by molar-refractivity contribution is 5.86. The summed E-state index contributed by atoms with van der Waals surface area (Å²) in [7, 11) is 0. The number of aromatic amines is 1. The summed E-state index contributed by atoms with van der Waals surface area (Å²) in [5.41, 5.74) is 3.47. The fourth-order valence-electron chi connectivity index (χ4n) is 4.10. The van der Waals surface area contributed by atoms with Gasteiger partial charge in [0.15, 0.2) is 0 Å². The van der Waals surface area contributed by atoms with E-state index in [1.165, 1.54) is 10.9 Å². The first kappa shape index (κ1) is 18.8. The van der Waals surface area contributed by atoms with Gasteiger partial charge >= 0.3 is 6.03 Å². The summed E-state index contributed by atoms with van der Waals surface area (Å²) in [5, 5.41) is 13.0. The van der Waals surface area contributed by atoms with Crippen LogP contribution >= 0.6 is 0 Å². The number of β-amino-alcohol motifs (C(OH)–C–C–N with tert-alkyl or cyclic N) is 1. The molecule has 0 saturated carbocycles. The third-order valence-electron chi connectivity index (χ3n) is 5.70. The molecule has 1 fully saturated rings. The molecule has 3 amide bonds. The summed E-state index contributed by atoms with van der Waals surface area (Å²) in [6.45, 7) is 4.77. The Morgan fingerprint density at radius 3 is 2.64 bits per heavy atom. The number of urea groups is 1. The molecule has 150 valence electrons. The lowest BCUT2D eigenvalue weighted by atomic mass is 10.0. The van der Waals surface area contributed by atoms with E-state index in [0.29, 0.717) is 32.7 Å². The van der Waals surface area contributed by atoms with Crippen molar-refractivity contribution in [3.8, 4) is 0 Å². The lowest BCUT2D eigenvalue weighted by molar-refractivity contribution is -0.131. The smallest absolute Gasteiger partial charge is 0.318 e. The maximum Gasteiger partial charge on any atom is 0.318 e. The quantitative estimate of drug-likeness (QED) is 0.709. The molecule has 1 saturated heterocycles. The summed E-state index contributed by atoms with van der Waals surface area (Å²) in [4.78, 5) is 34.0. The van der Waals surface area contributed by atoms with Crippen molar-refractivity contribution in [2.24, 2.45) is 0 Å². The Balaban J connectivity index is 1.28. The van der Waals surface area contributed by atoms with Crippen molar-refractivity contribution in [2.75, 3.05) is 52.4 Å². The summed E-state index contributed by atoms with van der Waals surface area (Å²) >= 11 is 0. The number of para-hydroxylation sites is 1. The number of aliphatic hydroxyl groups is 1. The number of aliphatic hydroxyl groups excluding tert-OH is 1. The lowest BCUT2D eigenvalue weighted by Crippen LogP contribution is -2.52. The molecule has 8 nitrogen and oxygen atoms in total. The van der Waals surface area contributed by atoms with E-state index in [1.807, 2.05) is 12.1 Å². The van der Waals surface area contributed by atoms with E-state index in [1.54, 1.807) is 9.80 Å². The molecule has 0 bridgehead atoms. The van der Waals surface area contributed by atoms with Gasteiger partial charge in [-0.15, -0.1) is 0 Å². The van der Waals surface area contributed by atoms with Gasteiger partial charge in [0.1, 0.15) is 0 Å². The first-order chi connectivity index (χ1) is 13.7. The Morgan fingerprint density at radius 2 is 1.86 bits per heavy atom. The molecule has 4 rings (SSSR count). The number of carbonyl (C=O) groups excluding carboxylic acids is 2. The number of hydrogen-bond acceptors (Lipinski definition) is 4. The zero-order valence-corrected chi connectivity index (χ0v) is 16.0. The van der Waals surface area contributed by atoms with Gasteiger partial charge in [-0.1, -0.05) is 18.2 Å². The van der Waals surface area contributed by atoms with Gasteiger partial charge in [-0.05, 0) is 18.1 Å². The van der Waals surface area contributed by atoms with Crippen molar-refractivity contribution >= 4 is 22.8 Å². The van der Waals surface area contributed by atoms with Crippen LogP contribution in [-0.4, -0.2) is 89.1 Å². The molecule has 3 heterocycles. The first-order valence-electron chi connectivity index (χ1n) is 9.88. The van der Waals surface area contributed by atoms with Crippen LogP contribution in [0.1, 0.15) is 11.3 Å². The highest BCUT2D eigenvalue weighted by atomic mass is 16.3. The molecular weight excluding hydrogens is 358 g/mol. The number of fused-ring (bicyclic) bond motifs is 3. The number of nitrogens with zero attached hydrogens (tertiary/aromatic N) is 3. The number of benzene rings is 1. The molecule has 0 atom stereocenters. The van der Waals surface area contributed by atoms with Gasteiger partial charge in [0.2, 0.25) is 5.91 Å². The van der Waals surface area contributed by atoms with Crippen molar-refractivity contribution in [2.45, 2.75) is 13.0 Å². The number of carbonyl (C=O) groups is 2. The normalized spacial score (nSPS) is 17.6. The van der Waals surface area contributed by atoms with Crippen LogP contribution in [0.5, 0.6) is 0 Å². The minimum Gasteiger partial charge on any atom is -0.395 e. The number of piperazine rings is 1. The number of aromatic nitrogens is 1. The van der Waals surface area contributed by atoms with Crippen LogP contribution in [0.25, 0.3) is 10.9 Å². The summed E-state index contributed by atoms with van der Waals surface area (Å²) in [5.74, 6) is -0.0553. The molecule has 8 heteroatoms. The van der Waals surface area contributed by atoms with Gasteiger partial charge in [0.25, 0.3) is 0 Å². The van der Waals surface area contributed by atoms with E-state index in [0.717, 1.165) is 30.7 Å². The van der Waals surface area contributed by atoms with E-state index in [-0.39, 0.29) is 25.1 Å². The molecule has 1 aromatic heterocycles. The van der Waals surface area contributed by atoms with Gasteiger partial charge < -0.3 is 25.2 Å². The summed E-state index contributed by atoms with van der Waals surface area (Å²) in [6.07, 6.45) is 0.813. The predicted molar refractivity (Wildman–Crippen MR) is 106 cm³/mol. The Labute approximate surface area is 164 Å². The third-order valence-corrected chi connectivity index (χ3v) is 5.70. The van der Waals surface area contributed by atoms with Crippen LogP contribution < -0.4 is 5.32 Å². The fourth-order valence-corrected chi connectivity index (χ4v) is 4.10. The molecule has 0 spiro atoms. The maximum absolute atomic E-state index is 12.5. The minimum atomic E-state index is -0.198. The minimum absolute atomic E-state index is 0.0227. The van der Waals surface area contributed by atoms with E-state index < -0.39 is 0 Å². The fraction of sp³-hybridized carbons (Fsp3) is 0.500. The van der Waals surface area contributed by atoms with Crippen molar-refractivity contribution in [1.29, 1.82) is 0 Å². The average Bonchev–Trinajstić information content (AvgIpc) is 3.10. The van der Waals surface area contributed by atoms with Crippen molar-refractivity contribution in [3.63, 3.8) is 0 Å². The number of nitrogens with one attached hydrogen (secondary N) is 2. The van der Waals surface area contributed by atoms with Gasteiger partial charge in [-0.2, -0.15) is 0 Å². The molecule has 3 N–H and O–H groups in total. The monoisotopic (exact) mass is 385 g/mol. The Hall–Kier alpha value is -2.58. The highest BCUT2D eigenvalue weighted by Crippen LogP contribution is 2.27. The summed E-state index contributed by atoms with van der Waals surface area (Å²) in [6, 6.07) is 8.00. The SMILES string of the molecule is O=C(CNC(=O)N1CCc2c([nH]c3ccccc23)C1)N1CCN(CCO)CC1. The molecule has 28 heavy (non-hydrogen) atoms. The van der Waals surface area contributed by atoms with Crippen LogP contribution in [0.15, 0.2) is 24.3 Å². The molecule has 0 radical (unpaired) electrons. The first-order valence-corrected chi connectivity index (χ1v) is 9.88.